The highest BCUT2D eigenvalue weighted by atomic mass is 32.2. The summed E-state index contributed by atoms with van der Waals surface area (Å²) in [6, 6.07) is 0. The van der Waals surface area contributed by atoms with E-state index in [2.05, 4.69) is 56.1 Å². The van der Waals surface area contributed by atoms with Crippen molar-refractivity contribution in [3.05, 3.63) is 48.6 Å². The van der Waals surface area contributed by atoms with Crippen molar-refractivity contribution >= 4 is 11.8 Å². The van der Waals surface area contributed by atoms with Crippen LogP contribution in [0, 0.1) is 41.4 Å². The fourth-order valence-electron chi connectivity index (χ4n) is 6.90. The Labute approximate surface area is 209 Å². The van der Waals surface area contributed by atoms with Gasteiger partial charge in [-0.25, -0.2) is 0 Å². The van der Waals surface area contributed by atoms with Gasteiger partial charge in [-0.2, -0.15) is 11.8 Å². The summed E-state index contributed by atoms with van der Waals surface area (Å²) in [7, 11) is 1.00. The van der Waals surface area contributed by atoms with Crippen LogP contribution in [0.2, 0.25) is 0 Å². The summed E-state index contributed by atoms with van der Waals surface area (Å²) in [5, 5.41) is 7.00. The molecule has 0 aliphatic heterocycles. The van der Waals surface area contributed by atoms with Gasteiger partial charge < -0.3 is 5.11 Å². The van der Waals surface area contributed by atoms with Crippen molar-refractivity contribution in [3.63, 3.8) is 0 Å². The van der Waals surface area contributed by atoms with Gasteiger partial charge in [0.25, 0.3) is 0 Å². The van der Waals surface area contributed by atoms with E-state index in [0.717, 1.165) is 48.5 Å². The number of allylic oxidation sites excluding steroid dienone is 6. The predicted molar refractivity (Wildman–Crippen MR) is 148 cm³/mol. The van der Waals surface area contributed by atoms with Crippen LogP contribution in [-0.2, 0) is 0 Å². The molecule has 4 aliphatic rings. The van der Waals surface area contributed by atoms with E-state index >= 15 is 0 Å². The number of aliphatic hydroxyl groups is 1. The second-order valence-corrected chi connectivity index (χ2v) is 12.3. The molecule has 7 unspecified atom stereocenters. The molecule has 2 heteroatoms. The molecule has 0 aromatic heterocycles. The maximum atomic E-state index is 7.00. The number of unbranched alkanes of at least 4 members (excludes halogenated alkanes) is 4. The van der Waals surface area contributed by atoms with Crippen molar-refractivity contribution in [2.45, 2.75) is 84.0 Å². The van der Waals surface area contributed by atoms with Crippen LogP contribution >= 0.6 is 11.8 Å². The molecule has 7 atom stereocenters. The average Bonchev–Trinajstić information content (AvgIpc) is 3.64. The molecular weight excluding hydrogens is 420 g/mol. The van der Waals surface area contributed by atoms with Crippen LogP contribution in [0.25, 0.3) is 0 Å². The third-order valence-electron chi connectivity index (χ3n) is 8.78. The van der Waals surface area contributed by atoms with E-state index in [1.165, 1.54) is 88.6 Å². The topological polar surface area (TPSA) is 20.2 Å². The number of fused-ring (bicyclic) bond motifs is 4. The fourth-order valence-corrected chi connectivity index (χ4v) is 8.09. The van der Waals surface area contributed by atoms with Crippen molar-refractivity contribution in [1.82, 2.24) is 0 Å². The van der Waals surface area contributed by atoms with E-state index in [-0.39, 0.29) is 0 Å². The number of hydrogen-bond acceptors (Lipinski definition) is 2. The molecule has 4 rings (SSSR count). The number of hydrogen-bond donors (Lipinski definition) is 1. The second kappa shape index (κ2) is 14.0. The first-order valence-corrected chi connectivity index (χ1v) is 15.0. The van der Waals surface area contributed by atoms with E-state index in [4.69, 9.17) is 5.11 Å². The van der Waals surface area contributed by atoms with Gasteiger partial charge >= 0.3 is 0 Å². The van der Waals surface area contributed by atoms with Gasteiger partial charge in [-0.1, -0.05) is 81.2 Å². The molecular formula is C31H50OS. The lowest BCUT2D eigenvalue weighted by atomic mass is 9.80. The Morgan fingerprint density at radius 1 is 0.848 bits per heavy atom. The van der Waals surface area contributed by atoms with Crippen LogP contribution < -0.4 is 0 Å². The Bertz CT molecular complexity index is 676. The molecule has 1 nitrogen and oxygen atoms in total. The zero-order chi connectivity index (χ0) is 23.6. The molecule has 4 aliphatic carbocycles. The van der Waals surface area contributed by atoms with E-state index in [0.29, 0.717) is 0 Å². The van der Waals surface area contributed by atoms with Gasteiger partial charge in [0.15, 0.2) is 0 Å². The Kier molecular flexibility index (Phi) is 11.4. The molecule has 0 heterocycles. The van der Waals surface area contributed by atoms with Crippen LogP contribution in [-0.4, -0.2) is 23.7 Å². The lowest BCUT2D eigenvalue weighted by Crippen LogP contribution is -2.16. The summed E-state index contributed by atoms with van der Waals surface area (Å²) in [6.45, 7) is 11.5. The quantitative estimate of drug-likeness (QED) is 0.191. The Morgan fingerprint density at radius 2 is 1.45 bits per heavy atom. The minimum Gasteiger partial charge on any atom is -0.400 e. The molecule has 2 fully saturated rings. The second-order valence-electron chi connectivity index (χ2n) is 11.2. The van der Waals surface area contributed by atoms with Crippen molar-refractivity contribution in [2.75, 3.05) is 18.6 Å². The molecule has 33 heavy (non-hydrogen) atoms. The lowest BCUT2D eigenvalue weighted by Gasteiger charge is -2.27. The third-order valence-corrected chi connectivity index (χ3v) is 10.1. The van der Waals surface area contributed by atoms with E-state index in [1.807, 2.05) is 0 Å². The molecule has 0 aromatic rings. The monoisotopic (exact) mass is 470 g/mol. The molecule has 0 radical (unpaired) electrons. The summed E-state index contributed by atoms with van der Waals surface area (Å²) in [4.78, 5) is 0. The zero-order valence-corrected chi connectivity index (χ0v) is 22.3. The van der Waals surface area contributed by atoms with Gasteiger partial charge in [0, 0.05) is 7.11 Å². The Hall–Kier alpha value is -0.730. The normalized spacial score (nSPS) is 31.6. The molecule has 186 valence electrons. The molecule has 0 saturated heterocycles. The van der Waals surface area contributed by atoms with Crippen LogP contribution in [0.5, 0.6) is 0 Å². The van der Waals surface area contributed by atoms with Crippen LogP contribution in [0.3, 0.4) is 0 Å². The van der Waals surface area contributed by atoms with Crippen molar-refractivity contribution in [1.29, 1.82) is 0 Å². The lowest BCUT2D eigenvalue weighted by molar-refractivity contribution is 0.399. The van der Waals surface area contributed by atoms with Gasteiger partial charge in [-0.05, 0) is 104 Å². The van der Waals surface area contributed by atoms with E-state index in [1.54, 1.807) is 11.1 Å². The standard InChI is InChI=1S/C30H46S.CH4O/c1-4-5-6-7-8-15-31-21-26(16-23(3)30-20-25-12-14-28(30)18-25)10-9-22(2)29-19-24-11-13-27(29)17-24;1-2/h11-14,24-30H,2-10,15-21H2,1H3;2H,1H3. The van der Waals surface area contributed by atoms with Gasteiger partial charge in [0.1, 0.15) is 0 Å². The number of aliphatic hydroxyl groups excluding tert-OH is 1. The largest absolute Gasteiger partial charge is 0.400 e. The van der Waals surface area contributed by atoms with Gasteiger partial charge in [-0.3, -0.25) is 0 Å². The van der Waals surface area contributed by atoms with Crippen LogP contribution in [0.4, 0.5) is 0 Å². The summed E-state index contributed by atoms with van der Waals surface area (Å²) < 4.78 is 0. The highest BCUT2D eigenvalue weighted by Gasteiger charge is 2.38. The minimum absolute atomic E-state index is 0.774. The molecule has 0 aromatic carbocycles. The third kappa shape index (κ3) is 7.63. The molecule has 0 amide bonds. The molecule has 1 N–H and O–H groups in total. The summed E-state index contributed by atoms with van der Waals surface area (Å²) in [5.74, 6) is 8.35. The first-order chi connectivity index (χ1) is 16.1. The van der Waals surface area contributed by atoms with Crippen molar-refractivity contribution in [2.24, 2.45) is 41.4 Å². The zero-order valence-electron chi connectivity index (χ0n) is 21.5. The van der Waals surface area contributed by atoms with E-state index < -0.39 is 0 Å². The molecule has 4 bridgehead atoms. The average molecular weight is 471 g/mol. The summed E-state index contributed by atoms with van der Waals surface area (Å²) >= 11 is 2.22. The highest BCUT2D eigenvalue weighted by Crippen LogP contribution is 2.49. The number of thioether (sulfide) groups is 1. The van der Waals surface area contributed by atoms with Crippen molar-refractivity contribution in [3.8, 4) is 0 Å². The predicted octanol–water partition coefficient (Wildman–Crippen LogP) is 8.62. The van der Waals surface area contributed by atoms with Gasteiger partial charge in [0.2, 0.25) is 0 Å². The highest BCUT2D eigenvalue weighted by molar-refractivity contribution is 7.99. The first-order valence-electron chi connectivity index (χ1n) is 13.9. The van der Waals surface area contributed by atoms with Crippen LogP contribution in [0.1, 0.15) is 84.0 Å². The minimum atomic E-state index is 0.774. The molecule has 2 saturated carbocycles. The first kappa shape index (κ1) is 26.9. The Balaban J connectivity index is 0.00000149. The SMILES string of the molecule is C=C(CCC(CSCCCCCCC)CC(=C)C1CC2C=CC1C2)C1CC2C=CC1C2.CO. The Morgan fingerprint density at radius 3 is 2.00 bits per heavy atom. The summed E-state index contributed by atoms with van der Waals surface area (Å²) in [6.07, 6.45) is 26.3. The van der Waals surface area contributed by atoms with E-state index in [9.17, 15) is 0 Å². The van der Waals surface area contributed by atoms with Crippen molar-refractivity contribution < 1.29 is 5.11 Å². The van der Waals surface area contributed by atoms with Gasteiger partial charge in [-0.15, -0.1) is 0 Å². The maximum absolute atomic E-state index is 7.00. The van der Waals surface area contributed by atoms with Crippen LogP contribution in [0.15, 0.2) is 48.6 Å². The van der Waals surface area contributed by atoms with Gasteiger partial charge in [0.05, 0.1) is 0 Å². The summed E-state index contributed by atoms with van der Waals surface area (Å²) in [5.41, 5.74) is 3.12. The molecule has 0 spiro atoms. The maximum Gasteiger partial charge on any atom is 0.0319 e. The fraction of sp³-hybridized carbons (Fsp3) is 0.742. The number of rotatable bonds is 15. The smallest absolute Gasteiger partial charge is 0.0319 e.